The van der Waals surface area contributed by atoms with Crippen molar-refractivity contribution in [3.05, 3.63) is 64.9 Å². The molecule has 3 rings (SSSR count). The van der Waals surface area contributed by atoms with Crippen molar-refractivity contribution in [2.24, 2.45) is 0 Å². The van der Waals surface area contributed by atoms with Crippen LogP contribution in [0.25, 0.3) is 0 Å². The van der Waals surface area contributed by atoms with Crippen molar-refractivity contribution in [3.8, 4) is 11.6 Å². The third kappa shape index (κ3) is 6.40. The molecule has 12 heteroatoms. The lowest BCUT2D eigenvalue weighted by Gasteiger charge is -2.13. The van der Waals surface area contributed by atoms with E-state index in [0.29, 0.717) is 28.1 Å². The van der Waals surface area contributed by atoms with Crippen molar-refractivity contribution in [3.63, 3.8) is 0 Å². The van der Waals surface area contributed by atoms with Gasteiger partial charge in [0.2, 0.25) is 5.82 Å². The van der Waals surface area contributed by atoms with E-state index in [1.54, 1.807) is 25.3 Å². The highest BCUT2D eigenvalue weighted by Gasteiger charge is 2.19. The lowest BCUT2D eigenvalue weighted by molar-refractivity contribution is 0.101. The topological polar surface area (TPSA) is 129 Å². The first-order chi connectivity index (χ1) is 15.8. The molecule has 0 radical (unpaired) electrons. The van der Waals surface area contributed by atoms with Crippen molar-refractivity contribution in [2.75, 3.05) is 37.5 Å². The zero-order chi connectivity index (χ0) is 23.8. The number of aromatic nitrogens is 2. The molecular weight excluding hydrogens is 516 g/mol. The summed E-state index contributed by atoms with van der Waals surface area (Å²) < 4.78 is 44.0. The Balaban J connectivity index is 1.74. The highest BCUT2D eigenvalue weighted by atomic mass is 79.9. The van der Waals surface area contributed by atoms with E-state index in [4.69, 9.17) is 14.2 Å². The lowest BCUT2D eigenvalue weighted by Crippen LogP contribution is -2.16. The number of amides is 1. The number of hydrogen-bond acceptors (Lipinski definition) is 8. The van der Waals surface area contributed by atoms with E-state index < -0.39 is 15.9 Å². The largest absolute Gasteiger partial charge is 0.490 e. The van der Waals surface area contributed by atoms with Gasteiger partial charge in [0.1, 0.15) is 12.4 Å². The smallest absolute Gasteiger partial charge is 0.263 e. The first-order valence-corrected chi connectivity index (χ1v) is 11.8. The van der Waals surface area contributed by atoms with E-state index in [2.05, 4.69) is 35.9 Å². The van der Waals surface area contributed by atoms with Crippen molar-refractivity contribution < 1.29 is 27.4 Å². The SMILES string of the molecule is COCCOc1ccc(Br)cc1C(=O)Nc1ccc(S(=O)(=O)Nc2nccnc2OC)cc1. The fourth-order valence-electron chi connectivity index (χ4n) is 2.69. The van der Waals surface area contributed by atoms with Crippen molar-refractivity contribution in [2.45, 2.75) is 4.90 Å². The summed E-state index contributed by atoms with van der Waals surface area (Å²) in [4.78, 5) is 20.6. The summed E-state index contributed by atoms with van der Waals surface area (Å²) in [6.45, 7) is 0.663. The van der Waals surface area contributed by atoms with Crippen LogP contribution in [-0.2, 0) is 14.8 Å². The molecule has 10 nitrogen and oxygen atoms in total. The molecule has 1 heterocycles. The molecule has 0 bridgehead atoms. The molecule has 0 saturated carbocycles. The Morgan fingerprint density at radius 1 is 1.03 bits per heavy atom. The number of hydrogen-bond donors (Lipinski definition) is 2. The number of anilines is 2. The zero-order valence-corrected chi connectivity index (χ0v) is 20.1. The van der Waals surface area contributed by atoms with Crippen LogP contribution in [0.5, 0.6) is 11.6 Å². The number of ether oxygens (including phenoxy) is 3. The van der Waals surface area contributed by atoms with E-state index in [0.717, 1.165) is 0 Å². The summed E-state index contributed by atoms with van der Waals surface area (Å²) in [6, 6.07) is 10.7. The fraction of sp³-hybridized carbons (Fsp3) is 0.190. The van der Waals surface area contributed by atoms with Gasteiger partial charge in [0, 0.05) is 29.7 Å². The molecule has 0 aliphatic heterocycles. The number of carbonyl (C=O) groups excluding carboxylic acids is 1. The second kappa shape index (κ2) is 11.1. The summed E-state index contributed by atoms with van der Waals surface area (Å²) in [5, 5.41) is 2.73. The minimum absolute atomic E-state index is 0.0285. The Bertz CT molecular complexity index is 1220. The van der Waals surface area contributed by atoms with Crippen molar-refractivity contribution >= 4 is 43.4 Å². The average Bonchev–Trinajstić information content (AvgIpc) is 2.80. The van der Waals surface area contributed by atoms with Gasteiger partial charge in [-0.25, -0.2) is 18.4 Å². The Labute approximate surface area is 199 Å². The summed E-state index contributed by atoms with van der Waals surface area (Å²) in [5.41, 5.74) is 0.715. The fourth-order valence-corrected chi connectivity index (χ4v) is 4.06. The van der Waals surface area contributed by atoms with Gasteiger partial charge in [-0.1, -0.05) is 15.9 Å². The number of rotatable bonds is 10. The number of methoxy groups -OCH3 is 2. The first-order valence-electron chi connectivity index (χ1n) is 9.54. The van der Waals surface area contributed by atoms with Crippen LogP contribution in [0.15, 0.2) is 64.2 Å². The second-order valence-corrected chi connectivity index (χ2v) is 9.08. The molecule has 1 amide bonds. The van der Waals surface area contributed by atoms with Gasteiger partial charge in [0.25, 0.3) is 21.8 Å². The highest BCUT2D eigenvalue weighted by Crippen LogP contribution is 2.26. The van der Waals surface area contributed by atoms with E-state index in [-0.39, 0.29) is 23.2 Å². The molecular formula is C21H21BrN4O6S. The Morgan fingerprint density at radius 2 is 1.76 bits per heavy atom. The molecule has 0 unspecified atom stereocenters. The minimum Gasteiger partial charge on any atom is -0.490 e. The van der Waals surface area contributed by atoms with Crippen LogP contribution >= 0.6 is 15.9 Å². The van der Waals surface area contributed by atoms with Crippen molar-refractivity contribution in [1.29, 1.82) is 0 Å². The van der Waals surface area contributed by atoms with Gasteiger partial charge >= 0.3 is 0 Å². The summed E-state index contributed by atoms with van der Waals surface area (Å²) in [7, 11) is -1.03. The van der Waals surface area contributed by atoms with Crippen LogP contribution < -0.4 is 19.5 Å². The number of halogens is 1. The summed E-state index contributed by atoms with van der Waals surface area (Å²) >= 11 is 3.35. The van der Waals surface area contributed by atoms with E-state index in [1.807, 2.05) is 0 Å². The van der Waals surface area contributed by atoms with Crippen LogP contribution in [0.4, 0.5) is 11.5 Å². The molecule has 0 atom stereocenters. The Kier molecular flexibility index (Phi) is 8.20. The van der Waals surface area contributed by atoms with E-state index >= 15 is 0 Å². The lowest BCUT2D eigenvalue weighted by atomic mass is 10.2. The number of nitrogens with zero attached hydrogens (tertiary/aromatic N) is 2. The van der Waals surface area contributed by atoms with Crippen LogP contribution in [-0.4, -0.2) is 51.7 Å². The number of carbonyl (C=O) groups is 1. The predicted molar refractivity (Wildman–Crippen MR) is 125 cm³/mol. The molecule has 3 aromatic rings. The monoisotopic (exact) mass is 536 g/mol. The Morgan fingerprint density at radius 3 is 2.45 bits per heavy atom. The van der Waals surface area contributed by atoms with Crippen LogP contribution in [0.1, 0.15) is 10.4 Å². The van der Waals surface area contributed by atoms with Gasteiger partial charge in [-0.2, -0.15) is 0 Å². The quantitative estimate of drug-likeness (QED) is 0.377. The van der Waals surface area contributed by atoms with Gasteiger partial charge in [-0.3, -0.25) is 9.52 Å². The molecule has 2 N–H and O–H groups in total. The number of sulfonamides is 1. The molecule has 0 spiro atoms. The normalized spacial score (nSPS) is 11.0. The molecule has 0 aliphatic rings. The standard InChI is InChI=1S/C21H21BrN4O6S/c1-30-11-12-32-18-8-3-14(22)13-17(18)20(27)25-15-4-6-16(7-5-15)33(28,29)26-19-21(31-2)24-10-9-23-19/h3-10,13H,11-12H2,1-2H3,(H,23,26)(H,25,27). The van der Waals surface area contributed by atoms with Crippen LogP contribution in [0.3, 0.4) is 0 Å². The van der Waals surface area contributed by atoms with Gasteiger partial charge in [0.05, 0.1) is 24.2 Å². The Hall–Kier alpha value is -3.22. The van der Waals surface area contributed by atoms with Crippen molar-refractivity contribution in [1.82, 2.24) is 9.97 Å². The third-order valence-corrected chi connectivity index (χ3v) is 6.09. The van der Waals surface area contributed by atoms with E-state index in [9.17, 15) is 13.2 Å². The molecule has 2 aromatic carbocycles. The maximum absolute atomic E-state index is 12.8. The predicted octanol–water partition coefficient (Wildman–Crippen LogP) is 3.33. The highest BCUT2D eigenvalue weighted by molar-refractivity contribution is 9.10. The molecule has 174 valence electrons. The average molecular weight is 537 g/mol. The van der Waals surface area contributed by atoms with Crippen LogP contribution in [0, 0.1) is 0 Å². The van der Waals surface area contributed by atoms with Gasteiger partial charge in [-0.15, -0.1) is 0 Å². The van der Waals surface area contributed by atoms with Gasteiger partial charge < -0.3 is 19.5 Å². The number of benzene rings is 2. The summed E-state index contributed by atoms with van der Waals surface area (Å²) in [6.07, 6.45) is 2.72. The van der Waals surface area contributed by atoms with E-state index in [1.165, 1.54) is 43.8 Å². The molecule has 0 aliphatic carbocycles. The minimum atomic E-state index is -3.95. The molecule has 0 saturated heterocycles. The van der Waals surface area contributed by atoms with Gasteiger partial charge in [0.15, 0.2) is 0 Å². The maximum Gasteiger partial charge on any atom is 0.263 e. The van der Waals surface area contributed by atoms with Crippen LogP contribution in [0.2, 0.25) is 0 Å². The maximum atomic E-state index is 12.8. The summed E-state index contributed by atoms with van der Waals surface area (Å²) in [5.74, 6) is -0.00801. The van der Waals surface area contributed by atoms with Gasteiger partial charge in [-0.05, 0) is 42.5 Å². The number of nitrogens with one attached hydrogen (secondary N) is 2. The molecule has 0 fully saturated rings. The second-order valence-electron chi connectivity index (χ2n) is 6.48. The first kappa shape index (κ1) is 24.4. The zero-order valence-electron chi connectivity index (χ0n) is 17.7. The third-order valence-electron chi connectivity index (χ3n) is 4.24. The molecule has 33 heavy (non-hydrogen) atoms. The molecule has 1 aromatic heterocycles.